The predicted octanol–water partition coefficient (Wildman–Crippen LogP) is 2.21. The molecule has 0 fully saturated rings. The maximum absolute atomic E-state index is 10.5. The molecule has 0 aliphatic carbocycles. The van der Waals surface area contributed by atoms with E-state index >= 15 is 0 Å². The Morgan fingerprint density at radius 3 is 2.92 bits per heavy atom. The van der Waals surface area contributed by atoms with Crippen LogP contribution in [0.2, 0.25) is 0 Å². The second kappa shape index (κ2) is 4.82. The summed E-state index contributed by atoms with van der Waals surface area (Å²) in [6, 6.07) is 4.16. The van der Waals surface area contributed by atoms with E-state index in [1.807, 2.05) is 12.2 Å². The number of hydrogen-bond donors (Lipinski definition) is 1. The van der Waals surface area contributed by atoms with E-state index in [0.717, 1.165) is 0 Å². The number of aryl methyl sites for hydroxylation is 1. The minimum Gasteiger partial charge on any atom is -0.353 e. The van der Waals surface area contributed by atoms with E-state index in [2.05, 4.69) is 24.4 Å². The number of hydrogen-bond acceptors (Lipinski definition) is 2. The largest absolute Gasteiger partial charge is 0.353 e. The molecule has 0 aliphatic heterocycles. The van der Waals surface area contributed by atoms with Crippen molar-refractivity contribution in [3.63, 3.8) is 0 Å². The lowest BCUT2D eigenvalue weighted by molar-refractivity contribution is -0.118. The van der Waals surface area contributed by atoms with Crippen molar-refractivity contribution in [1.82, 2.24) is 5.32 Å². The van der Waals surface area contributed by atoms with Gasteiger partial charge in [-0.15, -0.1) is 11.3 Å². The molecule has 0 unspecified atom stereocenters. The highest BCUT2D eigenvalue weighted by molar-refractivity contribution is 7.12. The molecule has 0 spiro atoms. The maximum Gasteiger partial charge on any atom is 0.217 e. The van der Waals surface area contributed by atoms with Gasteiger partial charge in [-0.1, -0.05) is 6.08 Å². The van der Waals surface area contributed by atoms with Gasteiger partial charge in [-0.25, -0.2) is 0 Å². The molecule has 0 saturated heterocycles. The zero-order chi connectivity index (χ0) is 9.68. The van der Waals surface area contributed by atoms with E-state index in [0.29, 0.717) is 6.54 Å². The van der Waals surface area contributed by atoms with Crippen LogP contribution in [0.25, 0.3) is 6.08 Å². The summed E-state index contributed by atoms with van der Waals surface area (Å²) in [5, 5.41) is 2.70. The van der Waals surface area contributed by atoms with Gasteiger partial charge in [0.05, 0.1) is 0 Å². The molecule has 1 rings (SSSR count). The number of nitrogens with one attached hydrogen (secondary N) is 1. The van der Waals surface area contributed by atoms with Crippen LogP contribution in [0.3, 0.4) is 0 Å². The first-order valence-electron chi connectivity index (χ1n) is 4.16. The zero-order valence-corrected chi connectivity index (χ0v) is 8.65. The fourth-order valence-electron chi connectivity index (χ4n) is 0.921. The van der Waals surface area contributed by atoms with Crippen molar-refractivity contribution in [2.24, 2.45) is 0 Å². The molecule has 0 bridgehead atoms. The van der Waals surface area contributed by atoms with Gasteiger partial charge in [-0.3, -0.25) is 4.79 Å². The van der Waals surface area contributed by atoms with E-state index in [4.69, 9.17) is 0 Å². The van der Waals surface area contributed by atoms with Gasteiger partial charge in [0.25, 0.3) is 0 Å². The lowest BCUT2D eigenvalue weighted by Crippen LogP contribution is -2.19. The molecule has 1 heterocycles. The molecule has 2 nitrogen and oxygen atoms in total. The van der Waals surface area contributed by atoms with E-state index in [9.17, 15) is 4.79 Å². The SMILES string of the molecule is CC(=O)NCC=Cc1ccc(C)s1. The summed E-state index contributed by atoms with van der Waals surface area (Å²) in [4.78, 5) is 13.0. The van der Waals surface area contributed by atoms with E-state index in [-0.39, 0.29) is 5.91 Å². The van der Waals surface area contributed by atoms with Gasteiger partial charge in [0, 0.05) is 23.2 Å². The monoisotopic (exact) mass is 195 g/mol. The third kappa shape index (κ3) is 3.90. The minimum atomic E-state index is 0.00649. The Bertz CT molecular complexity index is 314. The normalized spacial score (nSPS) is 10.6. The molecule has 0 atom stereocenters. The smallest absolute Gasteiger partial charge is 0.217 e. The first-order valence-corrected chi connectivity index (χ1v) is 4.97. The third-order valence-electron chi connectivity index (χ3n) is 1.51. The molecule has 13 heavy (non-hydrogen) atoms. The van der Waals surface area contributed by atoms with Crippen molar-refractivity contribution in [3.05, 3.63) is 28.0 Å². The van der Waals surface area contributed by atoms with Crippen LogP contribution < -0.4 is 5.32 Å². The van der Waals surface area contributed by atoms with Crippen molar-refractivity contribution < 1.29 is 4.79 Å². The fraction of sp³-hybridized carbons (Fsp3) is 0.300. The molecule has 0 radical (unpaired) electrons. The van der Waals surface area contributed by atoms with Crippen LogP contribution in [0.15, 0.2) is 18.2 Å². The van der Waals surface area contributed by atoms with Gasteiger partial charge in [0.1, 0.15) is 0 Å². The van der Waals surface area contributed by atoms with E-state index < -0.39 is 0 Å². The van der Waals surface area contributed by atoms with E-state index in [1.54, 1.807) is 11.3 Å². The van der Waals surface area contributed by atoms with Crippen molar-refractivity contribution in [3.8, 4) is 0 Å². The summed E-state index contributed by atoms with van der Waals surface area (Å²) in [5.41, 5.74) is 0. The number of carbonyl (C=O) groups is 1. The maximum atomic E-state index is 10.5. The molecule has 0 aliphatic rings. The zero-order valence-electron chi connectivity index (χ0n) is 7.83. The Morgan fingerprint density at radius 2 is 2.38 bits per heavy atom. The first kappa shape index (κ1) is 9.99. The van der Waals surface area contributed by atoms with Crippen molar-refractivity contribution in [1.29, 1.82) is 0 Å². The lowest BCUT2D eigenvalue weighted by Gasteiger charge is -1.93. The number of rotatable bonds is 3. The highest BCUT2D eigenvalue weighted by Gasteiger charge is 1.90. The Labute approximate surface area is 82.3 Å². The average Bonchev–Trinajstić information content (AvgIpc) is 2.45. The summed E-state index contributed by atoms with van der Waals surface area (Å²) in [7, 11) is 0. The van der Waals surface area contributed by atoms with Gasteiger partial charge in [-0.2, -0.15) is 0 Å². The van der Waals surface area contributed by atoms with Gasteiger partial charge >= 0.3 is 0 Å². The van der Waals surface area contributed by atoms with Crippen LogP contribution >= 0.6 is 11.3 Å². The predicted molar refractivity (Wildman–Crippen MR) is 56.8 cm³/mol. The van der Waals surface area contributed by atoms with Crippen LogP contribution in [0.1, 0.15) is 16.7 Å². The van der Waals surface area contributed by atoms with Crippen LogP contribution in [-0.2, 0) is 4.79 Å². The van der Waals surface area contributed by atoms with Crippen molar-refractivity contribution >= 4 is 23.3 Å². The van der Waals surface area contributed by atoms with Gasteiger partial charge < -0.3 is 5.32 Å². The molecule has 0 aromatic carbocycles. The molecule has 1 aromatic rings. The summed E-state index contributed by atoms with van der Waals surface area (Å²) < 4.78 is 0. The molecule has 0 saturated carbocycles. The second-order valence-corrected chi connectivity index (χ2v) is 4.11. The quantitative estimate of drug-likeness (QED) is 0.787. The number of carbonyl (C=O) groups excluding carboxylic acids is 1. The Kier molecular flexibility index (Phi) is 3.71. The molecule has 1 amide bonds. The molecule has 1 aromatic heterocycles. The Morgan fingerprint density at radius 1 is 1.62 bits per heavy atom. The number of amides is 1. The lowest BCUT2D eigenvalue weighted by atomic mass is 10.4. The van der Waals surface area contributed by atoms with Crippen molar-refractivity contribution in [2.75, 3.05) is 6.54 Å². The highest BCUT2D eigenvalue weighted by atomic mass is 32.1. The molecular formula is C10H13NOS. The number of thiophene rings is 1. The van der Waals surface area contributed by atoms with Gasteiger partial charge in [-0.05, 0) is 25.1 Å². The topological polar surface area (TPSA) is 29.1 Å². The Balaban J connectivity index is 2.36. The summed E-state index contributed by atoms with van der Waals surface area (Å²) in [6.07, 6.45) is 3.97. The standard InChI is InChI=1S/C10H13NOS/c1-8-5-6-10(13-8)4-3-7-11-9(2)12/h3-6H,7H2,1-2H3,(H,11,12). The van der Waals surface area contributed by atoms with Crippen LogP contribution in [0, 0.1) is 6.92 Å². The van der Waals surface area contributed by atoms with Crippen LogP contribution in [-0.4, -0.2) is 12.5 Å². The van der Waals surface area contributed by atoms with Crippen LogP contribution in [0.5, 0.6) is 0 Å². The summed E-state index contributed by atoms with van der Waals surface area (Å²) in [5.74, 6) is 0.00649. The molecular weight excluding hydrogens is 182 g/mol. The third-order valence-corrected chi connectivity index (χ3v) is 2.48. The highest BCUT2D eigenvalue weighted by Crippen LogP contribution is 2.15. The van der Waals surface area contributed by atoms with Crippen molar-refractivity contribution in [2.45, 2.75) is 13.8 Å². The van der Waals surface area contributed by atoms with Gasteiger partial charge in [0.15, 0.2) is 0 Å². The first-order chi connectivity index (χ1) is 6.18. The van der Waals surface area contributed by atoms with Crippen LogP contribution in [0.4, 0.5) is 0 Å². The Hall–Kier alpha value is -1.09. The molecule has 3 heteroatoms. The molecule has 70 valence electrons. The fourth-order valence-corrected chi connectivity index (χ4v) is 1.73. The molecule has 1 N–H and O–H groups in total. The second-order valence-electron chi connectivity index (χ2n) is 2.79. The average molecular weight is 195 g/mol. The minimum absolute atomic E-state index is 0.00649. The van der Waals surface area contributed by atoms with Gasteiger partial charge in [0.2, 0.25) is 5.91 Å². The summed E-state index contributed by atoms with van der Waals surface area (Å²) >= 11 is 1.75. The van der Waals surface area contributed by atoms with E-state index in [1.165, 1.54) is 16.7 Å². The summed E-state index contributed by atoms with van der Waals surface area (Å²) in [6.45, 7) is 4.20.